The van der Waals surface area contributed by atoms with E-state index in [1.54, 1.807) is 0 Å². The van der Waals surface area contributed by atoms with Gasteiger partial charge in [-0.05, 0) is 53.1 Å². The molecular weight excluding hydrogens is 200 g/mol. The third-order valence-electron chi connectivity index (χ3n) is 3.92. The highest BCUT2D eigenvalue weighted by Crippen LogP contribution is 2.42. The molecule has 0 radical (unpaired) electrons. The van der Waals surface area contributed by atoms with Crippen LogP contribution >= 0.6 is 0 Å². The van der Waals surface area contributed by atoms with Crippen molar-refractivity contribution in [3.8, 4) is 0 Å². The lowest BCUT2D eigenvalue weighted by Gasteiger charge is -2.47. The molecule has 2 fully saturated rings. The van der Waals surface area contributed by atoms with E-state index in [0.29, 0.717) is 12.1 Å². The van der Waals surface area contributed by atoms with Crippen LogP contribution in [0.1, 0.15) is 39.0 Å². The van der Waals surface area contributed by atoms with Crippen LogP contribution in [-0.4, -0.2) is 49.8 Å². The van der Waals surface area contributed by atoms with E-state index in [0.717, 1.165) is 13.2 Å². The second-order valence-electron chi connectivity index (χ2n) is 5.90. The zero-order valence-electron chi connectivity index (χ0n) is 11.0. The van der Waals surface area contributed by atoms with Crippen LogP contribution in [-0.2, 0) is 4.74 Å². The second-order valence-corrected chi connectivity index (χ2v) is 5.90. The molecule has 0 bridgehead atoms. The summed E-state index contributed by atoms with van der Waals surface area (Å²) in [7, 11) is 4.27. The van der Waals surface area contributed by atoms with E-state index in [2.05, 4.69) is 31.2 Å². The number of ether oxygens (including phenoxy) is 1. The van der Waals surface area contributed by atoms with Crippen LogP contribution in [0.3, 0.4) is 0 Å². The van der Waals surface area contributed by atoms with Gasteiger partial charge in [-0.25, -0.2) is 0 Å². The highest BCUT2D eigenvalue weighted by molar-refractivity contribution is 4.96. The lowest BCUT2D eigenvalue weighted by molar-refractivity contribution is -0.136. The van der Waals surface area contributed by atoms with Crippen LogP contribution in [0.4, 0.5) is 0 Å². The van der Waals surface area contributed by atoms with Crippen molar-refractivity contribution in [2.45, 2.75) is 56.7 Å². The van der Waals surface area contributed by atoms with Crippen LogP contribution in [0.25, 0.3) is 0 Å². The van der Waals surface area contributed by atoms with Gasteiger partial charge in [0.15, 0.2) is 0 Å². The van der Waals surface area contributed by atoms with Crippen LogP contribution in [0.5, 0.6) is 0 Å². The van der Waals surface area contributed by atoms with Gasteiger partial charge in [0.25, 0.3) is 0 Å². The van der Waals surface area contributed by atoms with Crippen molar-refractivity contribution < 1.29 is 4.74 Å². The fraction of sp³-hybridized carbons (Fsp3) is 1.00. The van der Waals surface area contributed by atoms with Gasteiger partial charge in [0, 0.05) is 25.2 Å². The molecule has 1 saturated carbocycles. The maximum absolute atomic E-state index is 5.94. The van der Waals surface area contributed by atoms with Crippen LogP contribution in [0, 0.1) is 0 Å². The zero-order valence-corrected chi connectivity index (χ0v) is 11.0. The summed E-state index contributed by atoms with van der Waals surface area (Å²) >= 11 is 0. The average molecular weight is 226 g/mol. The predicted molar refractivity (Wildman–Crippen MR) is 66.7 cm³/mol. The van der Waals surface area contributed by atoms with Gasteiger partial charge in [-0.1, -0.05) is 0 Å². The third-order valence-corrected chi connectivity index (χ3v) is 3.92. The van der Waals surface area contributed by atoms with Crippen molar-refractivity contribution in [1.29, 1.82) is 0 Å². The molecule has 0 amide bonds. The number of nitrogens with zero attached hydrogens (tertiary/aromatic N) is 1. The molecule has 0 aromatic carbocycles. The van der Waals surface area contributed by atoms with Crippen LogP contribution in [0.2, 0.25) is 0 Å². The summed E-state index contributed by atoms with van der Waals surface area (Å²) in [5.74, 6) is 0. The monoisotopic (exact) mass is 226 g/mol. The minimum atomic E-state index is 0.272. The summed E-state index contributed by atoms with van der Waals surface area (Å²) in [5.41, 5.74) is 0.272. The SMILES string of the molecule is CC(CN(C)C)NC1CCOC2(CCC2)C1. The van der Waals surface area contributed by atoms with Crippen molar-refractivity contribution >= 4 is 0 Å². The molecule has 1 aliphatic heterocycles. The van der Waals surface area contributed by atoms with Crippen molar-refractivity contribution in [2.24, 2.45) is 0 Å². The van der Waals surface area contributed by atoms with Gasteiger partial charge >= 0.3 is 0 Å². The van der Waals surface area contributed by atoms with Crippen molar-refractivity contribution in [1.82, 2.24) is 10.2 Å². The third kappa shape index (κ3) is 2.96. The standard InChI is InChI=1S/C13H26N2O/c1-11(10-15(2)3)14-12-5-8-16-13(9-12)6-4-7-13/h11-12,14H,4-10H2,1-3H3. The molecule has 0 aromatic heterocycles. The highest BCUT2D eigenvalue weighted by Gasteiger charge is 2.42. The maximum atomic E-state index is 5.94. The minimum Gasteiger partial charge on any atom is -0.375 e. The van der Waals surface area contributed by atoms with E-state index in [-0.39, 0.29) is 5.60 Å². The molecule has 0 aromatic rings. The molecule has 1 saturated heterocycles. The van der Waals surface area contributed by atoms with E-state index in [4.69, 9.17) is 4.74 Å². The Morgan fingerprint density at radius 1 is 1.44 bits per heavy atom. The molecule has 1 aliphatic carbocycles. The molecule has 3 nitrogen and oxygen atoms in total. The van der Waals surface area contributed by atoms with Crippen LogP contribution < -0.4 is 5.32 Å². The first kappa shape index (κ1) is 12.3. The van der Waals surface area contributed by atoms with Gasteiger partial charge < -0.3 is 15.0 Å². The molecule has 16 heavy (non-hydrogen) atoms. The Balaban J connectivity index is 1.76. The normalized spacial score (nSPS) is 30.4. The molecule has 2 rings (SSSR count). The van der Waals surface area contributed by atoms with Crippen molar-refractivity contribution in [3.63, 3.8) is 0 Å². The molecular formula is C13H26N2O. The lowest BCUT2D eigenvalue weighted by Crippen LogP contribution is -2.53. The maximum Gasteiger partial charge on any atom is 0.0697 e. The Morgan fingerprint density at radius 2 is 2.19 bits per heavy atom. The number of hydrogen-bond acceptors (Lipinski definition) is 3. The van der Waals surface area contributed by atoms with Gasteiger partial charge in [-0.2, -0.15) is 0 Å². The predicted octanol–water partition coefficient (Wildman–Crippen LogP) is 1.63. The first-order valence-electron chi connectivity index (χ1n) is 6.64. The second kappa shape index (κ2) is 5.03. The molecule has 2 unspecified atom stereocenters. The molecule has 1 heterocycles. The fourth-order valence-corrected chi connectivity index (χ4v) is 3.09. The summed E-state index contributed by atoms with van der Waals surface area (Å²) in [6.07, 6.45) is 6.34. The summed E-state index contributed by atoms with van der Waals surface area (Å²) in [6, 6.07) is 1.25. The Bertz CT molecular complexity index is 226. The Kier molecular flexibility index (Phi) is 3.88. The van der Waals surface area contributed by atoms with E-state index < -0.39 is 0 Å². The lowest BCUT2D eigenvalue weighted by atomic mass is 9.74. The molecule has 2 aliphatic rings. The van der Waals surface area contributed by atoms with E-state index in [1.807, 2.05) is 0 Å². The Morgan fingerprint density at radius 3 is 2.75 bits per heavy atom. The summed E-state index contributed by atoms with van der Waals surface area (Å²) < 4.78 is 5.94. The summed E-state index contributed by atoms with van der Waals surface area (Å²) in [6.45, 7) is 4.35. The van der Waals surface area contributed by atoms with Gasteiger partial charge in [-0.15, -0.1) is 0 Å². The Labute approximate surface area is 99.5 Å². The number of rotatable bonds is 4. The van der Waals surface area contributed by atoms with E-state index >= 15 is 0 Å². The van der Waals surface area contributed by atoms with Crippen LogP contribution in [0.15, 0.2) is 0 Å². The van der Waals surface area contributed by atoms with Crippen molar-refractivity contribution in [2.75, 3.05) is 27.2 Å². The topological polar surface area (TPSA) is 24.5 Å². The molecule has 1 N–H and O–H groups in total. The minimum absolute atomic E-state index is 0.272. The largest absolute Gasteiger partial charge is 0.375 e. The molecule has 94 valence electrons. The van der Waals surface area contributed by atoms with Gasteiger partial charge in [0.2, 0.25) is 0 Å². The molecule has 1 spiro atoms. The highest BCUT2D eigenvalue weighted by atomic mass is 16.5. The number of hydrogen-bond donors (Lipinski definition) is 1. The zero-order chi connectivity index (χ0) is 11.6. The first-order valence-corrected chi connectivity index (χ1v) is 6.64. The van der Waals surface area contributed by atoms with Gasteiger partial charge in [0.05, 0.1) is 5.60 Å². The average Bonchev–Trinajstić information content (AvgIpc) is 2.14. The molecule has 3 heteroatoms. The van der Waals surface area contributed by atoms with E-state index in [9.17, 15) is 0 Å². The van der Waals surface area contributed by atoms with Gasteiger partial charge in [0.1, 0.15) is 0 Å². The number of likely N-dealkylation sites (N-methyl/N-ethyl adjacent to an activating group) is 1. The quantitative estimate of drug-likeness (QED) is 0.788. The number of nitrogens with one attached hydrogen (secondary N) is 1. The first-order chi connectivity index (χ1) is 7.60. The summed E-state index contributed by atoms with van der Waals surface area (Å²) in [5, 5.41) is 3.75. The Hall–Kier alpha value is -0.120. The van der Waals surface area contributed by atoms with Gasteiger partial charge in [-0.3, -0.25) is 0 Å². The summed E-state index contributed by atoms with van der Waals surface area (Å²) in [4.78, 5) is 2.25. The van der Waals surface area contributed by atoms with Crippen molar-refractivity contribution in [3.05, 3.63) is 0 Å². The van der Waals surface area contributed by atoms with E-state index in [1.165, 1.54) is 32.1 Å². The fourth-order valence-electron chi connectivity index (χ4n) is 3.09. The molecule has 2 atom stereocenters. The smallest absolute Gasteiger partial charge is 0.0697 e.